The summed E-state index contributed by atoms with van der Waals surface area (Å²) in [5, 5.41) is 10.6. The summed E-state index contributed by atoms with van der Waals surface area (Å²) in [6, 6.07) is 5.41. The Kier molecular flexibility index (Phi) is 6.69. The van der Waals surface area contributed by atoms with Crippen molar-refractivity contribution in [2.75, 3.05) is 49.6 Å². The number of phenols is 1. The van der Waals surface area contributed by atoms with Crippen molar-refractivity contribution in [1.29, 1.82) is 0 Å². The van der Waals surface area contributed by atoms with Gasteiger partial charge >= 0.3 is 0 Å². The van der Waals surface area contributed by atoms with Gasteiger partial charge in [0.25, 0.3) is 0 Å². The molecular formula is C23H27NO8. The Morgan fingerprint density at radius 2 is 1.50 bits per heavy atom. The molecule has 9 nitrogen and oxygen atoms in total. The number of hydrogen-bond donors (Lipinski definition) is 1. The zero-order valence-electron chi connectivity index (χ0n) is 19.2. The van der Waals surface area contributed by atoms with Crippen LogP contribution in [0, 0.1) is 0 Å². The molecule has 3 aromatic rings. The molecule has 2 aromatic carbocycles. The summed E-state index contributed by atoms with van der Waals surface area (Å²) in [5.74, 6) is 0.549. The maximum absolute atomic E-state index is 13.4. The molecule has 0 saturated carbocycles. The van der Waals surface area contributed by atoms with Crippen molar-refractivity contribution in [3.63, 3.8) is 0 Å². The van der Waals surface area contributed by atoms with Gasteiger partial charge < -0.3 is 38.1 Å². The van der Waals surface area contributed by atoms with Crippen molar-refractivity contribution in [2.24, 2.45) is 0 Å². The summed E-state index contributed by atoms with van der Waals surface area (Å²) in [5.41, 5.74) is 0.913. The minimum atomic E-state index is -0.578. The van der Waals surface area contributed by atoms with E-state index in [1.54, 1.807) is 19.2 Å². The maximum atomic E-state index is 13.4. The average molecular weight is 445 g/mol. The first-order chi connectivity index (χ1) is 15.3. The standard InChI is InChI=1S/C23H27NO8/c1-24(2)11-13-10-12(8-9-14(13)27-3)18-20(28-4)16(25)15-17(26)21(29-5)23(31-7)22(30-6)19(15)32-18/h8-10,26H,11H2,1-7H3. The van der Waals surface area contributed by atoms with Crippen LogP contribution in [0.5, 0.6) is 34.5 Å². The van der Waals surface area contributed by atoms with Crippen LogP contribution in [0.2, 0.25) is 0 Å². The van der Waals surface area contributed by atoms with E-state index < -0.39 is 11.2 Å². The highest BCUT2D eigenvalue weighted by molar-refractivity contribution is 5.96. The Morgan fingerprint density at radius 1 is 0.875 bits per heavy atom. The SMILES string of the molecule is COc1ccc(-c2oc3c(OC)c(OC)c(OC)c(O)c3c(=O)c2OC)cc1CN(C)C. The summed E-state index contributed by atoms with van der Waals surface area (Å²) in [6.07, 6.45) is 0. The molecule has 0 amide bonds. The number of methoxy groups -OCH3 is 5. The van der Waals surface area contributed by atoms with Gasteiger partial charge in [0.05, 0.1) is 35.5 Å². The fourth-order valence-corrected chi connectivity index (χ4v) is 3.64. The number of benzene rings is 2. The number of nitrogens with zero attached hydrogens (tertiary/aromatic N) is 1. The first kappa shape index (κ1) is 23.1. The summed E-state index contributed by atoms with van der Waals surface area (Å²) >= 11 is 0. The molecule has 0 radical (unpaired) electrons. The molecule has 0 spiro atoms. The largest absolute Gasteiger partial charge is 0.504 e. The predicted molar refractivity (Wildman–Crippen MR) is 120 cm³/mol. The van der Waals surface area contributed by atoms with Gasteiger partial charge in [-0.05, 0) is 32.3 Å². The minimum absolute atomic E-state index is 0.00780. The normalized spacial score (nSPS) is 11.0. The number of fused-ring (bicyclic) bond motifs is 1. The number of hydrogen-bond acceptors (Lipinski definition) is 9. The molecule has 172 valence electrons. The van der Waals surface area contributed by atoms with E-state index >= 15 is 0 Å². The average Bonchev–Trinajstić information content (AvgIpc) is 2.77. The van der Waals surface area contributed by atoms with Crippen LogP contribution >= 0.6 is 0 Å². The van der Waals surface area contributed by atoms with Crippen molar-refractivity contribution in [3.8, 4) is 45.8 Å². The second kappa shape index (κ2) is 9.27. The van der Waals surface area contributed by atoms with Crippen LogP contribution in [-0.4, -0.2) is 59.7 Å². The third-order valence-corrected chi connectivity index (χ3v) is 4.99. The quantitative estimate of drug-likeness (QED) is 0.560. The molecule has 1 heterocycles. The number of ether oxygens (including phenoxy) is 5. The van der Waals surface area contributed by atoms with Crippen LogP contribution in [0.25, 0.3) is 22.3 Å². The summed E-state index contributed by atoms with van der Waals surface area (Å²) in [7, 11) is 11.0. The Balaban J connectivity index is 2.43. The summed E-state index contributed by atoms with van der Waals surface area (Å²) in [6.45, 7) is 0.603. The van der Waals surface area contributed by atoms with Gasteiger partial charge in [-0.3, -0.25) is 4.79 Å². The molecule has 9 heteroatoms. The van der Waals surface area contributed by atoms with Gasteiger partial charge in [0.1, 0.15) is 11.1 Å². The molecule has 1 aromatic heterocycles. The van der Waals surface area contributed by atoms with E-state index in [0.29, 0.717) is 17.9 Å². The summed E-state index contributed by atoms with van der Waals surface area (Å²) < 4.78 is 33.1. The van der Waals surface area contributed by atoms with E-state index in [4.69, 9.17) is 28.1 Å². The van der Waals surface area contributed by atoms with E-state index in [-0.39, 0.29) is 39.7 Å². The number of phenolic OH excluding ortho intramolecular Hbond substituents is 1. The number of aromatic hydroxyl groups is 1. The lowest BCUT2D eigenvalue weighted by Crippen LogP contribution is -2.12. The van der Waals surface area contributed by atoms with Gasteiger partial charge in [-0.25, -0.2) is 0 Å². The van der Waals surface area contributed by atoms with Crippen LogP contribution in [0.1, 0.15) is 5.56 Å². The minimum Gasteiger partial charge on any atom is -0.504 e. The van der Waals surface area contributed by atoms with Gasteiger partial charge in [-0.1, -0.05) is 0 Å². The Hall–Kier alpha value is -3.59. The molecule has 3 rings (SSSR count). The van der Waals surface area contributed by atoms with E-state index in [9.17, 15) is 9.90 Å². The van der Waals surface area contributed by atoms with E-state index in [1.165, 1.54) is 28.4 Å². The molecule has 0 aliphatic rings. The lowest BCUT2D eigenvalue weighted by Gasteiger charge is -2.18. The molecule has 0 fully saturated rings. The second-order valence-corrected chi connectivity index (χ2v) is 7.21. The Labute approximate surface area is 185 Å². The molecule has 0 atom stereocenters. The van der Waals surface area contributed by atoms with Crippen molar-refractivity contribution in [1.82, 2.24) is 4.90 Å². The van der Waals surface area contributed by atoms with Crippen LogP contribution in [0.15, 0.2) is 27.4 Å². The third kappa shape index (κ3) is 3.75. The Morgan fingerprint density at radius 3 is 2.03 bits per heavy atom. The van der Waals surface area contributed by atoms with Crippen LogP contribution in [0.3, 0.4) is 0 Å². The van der Waals surface area contributed by atoms with Crippen molar-refractivity contribution < 1.29 is 33.2 Å². The molecule has 0 unspecified atom stereocenters. The zero-order chi connectivity index (χ0) is 23.6. The molecule has 0 aliphatic carbocycles. The van der Waals surface area contributed by atoms with E-state index in [0.717, 1.165) is 5.56 Å². The molecule has 0 bridgehead atoms. The first-order valence-electron chi connectivity index (χ1n) is 9.70. The van der Waals surface area contributed by atoms with Crippen LogP contribution < -0.4 is 29.1 Å². The van der Waals surface area contributed by atoms with Gasteiger partial charge in [0.15, 0.2) is 17.1 Å². The smallest absolute Gasteiger partial charge is 0.239 e. The molecule has 0 saturated heterocycles. The predicted octanol–water partition coefficient (Wildman–Crippen LogP) is 3.27. The van der Waals surface area contributed by atoms with Gasteiger partial charge in [-0.15, -0.1) is 0 Å². The van der Waals surface area contributed by atoms with Gasteiger partial charge in [0.2, 0.25) is 28.4 Å². The van der Waals surface area contributed by atoms with Crippen molar-refractivity contribution in [3.05, 3.63) is 34.0 Å². The third-order valence-electron chi connectivity index (χ3n) is 4.99. The summed E-state index contributed by atoms with van der Waals surface area (Å²) in [4.78, 5) is 15.4. The molecule has 32 heavy (non-hydrogen) atoms. The van der Waals surface area contributed by atoms with Crippen LogP contribution in [-0.2, 0) is 6.54 Å². The Bertz CT molecular complexity index is 1200. The zero-order valence-corrected chi connectivity index (χ0v) is 19.2. The highest BCUT2D eigenvalue weighted by Gasteiger charge is 2.29. The van der Waals surface area contributed by atoms with Crippen molar-refractivity contribution >= 4 is 11.0 Å². The van der Waals surface area contributed by atoms with Gasteiger partial charge in [-0.2, -0.15) is 0 Å². The van der Waals surface area contributed by atoms with Crippen molar-refractivity contribution in [2.45, 2.75) is 6.54 Å². The maximum Gasteiger partial charge on any atom is 0.239 e. The highest BCUT2D eigenvalue weighted by Crippen LogP contribution is 2.51. The molecular weight excluding hydrogens is 418 g/mol. The van der Waals surface area contributed by atoms with Gasteiger partial charge in [0, 0.05) is 17.7 Å². The van der Waals surface area contributed by atoms with E-state index in [1.807, 2.05) is 25.1 Å². The molecule has 1 N–H and O–H groups in total. The molecule has 0 aliphatic heterocycles. The van der Waals surface area contributed by atoms with Crippen LogP contribution in [0.4, 0.5) is 0 Å². The second-order valence-electron chi connectivity index (χ2n) is 7.21. The highest BCUT2D eigenvalue weighted by atomic mass is 16.5. The monoisotopic (exact) mass is 445 g/mol. The first-order valence-corrected chi connectivity index (χ1v) is 9.70. The lowest BCUT2D eigenvalue weighted by molar-refractivity contribution is 0.310. The van der Waals surface area contributed by atoms with E-state index in [2.05, 4.69) is 0 Å². The topological polar surface area (TPSA) is 99.8 Å². The fraction of sp³-hybridized carbons (Fsp3) is 0.348. The lowest BCUT2D eigenvalue weighted by atomic mass is 10.0. The fourth-order valence-electron chi connectivity index (χ4n) is 3.64. The number of rotatable bonds is 8.